The first-order valence-corrected chi connectivity index (χ1v) is 8.92. The van der Waals surface area contributed by atoms with Gasteiger partial charge < -0.3 is 15.7 Å². The molecule has 1 fully saturated rings. The number of hydrogen-bond donors (Lipinski definition) is 3. The van der Waals surface area contributed by atoms with E-state index in [1.54, 1.807) is 11.3 Å². The Morgan fingerprint density at radius 1 is 1.41 bits per heavy atom. The lowest BCUT2D eigenvalue weighted by molar-refractivity contribution is 0.196. The molecule has 1 aliphatic heterocycles. The van der Waals surface area contributed by atoms with Crippen molar-refractivity contribution in [1.29, 1.82) is 0 Å². The fraction of sp³-hybridized carbons (Fsp3) is 0.688. The van der Waals surface area contributed by atoms with Crippen molar-refractivity contribution < 1.29 is 9.90 Å². The number of carbonyl (C=O) groups is 1. The molecular weight excluding hydrogens is 298 g/mol. The van der Waals surface area contributed by atoms with Crippen molar-refractivity contribution >= 4 is 17.4 Å². The first kappa shape index (κ1) is 17.2. The quantitative estimate of drug-likeness (QED) is 0.720. The highest BCUT2D eigenvalue weighted by molar-refractivity contribution is 7.10. The van der Waals surface area contributed by atoms with Crippen molar-refractivity contribution in [3.8, 4) is 0 Å². The molecule has 2 heterocycles. The lowest BCUT2D eigenvalue weighted by Gasteiger charge is -2.27. The minimum atomic E-state index is -0.159. The van der Waals surface area contributed by atoms with E-state index in [0.29, 0.717) is 6.54 Å². The molecule has 0 radical (unpaired) electrons. The minimum Gasteiger partial charge on any atom is -0.396 e. The summed E-state index contributed by atoms with van der Waals surface area (Å²) in [7, 11) is 0. The standard InChI is InChI=1S/C16H27N3O2S/c1-12(11-20)13(2)18-16(21)17-10-14(15-6-5-9-22-15)19-7-3-4-8-19/h5-6,9,12-14,20H,3-4,7-8,10-11H2,1-2H3,(H2,17,18,21). The maximum atomic E-state index is 12.0. The van der Waals surface area contributed by atoms with E-state index in [0.717, 1.165) is 13.1 Å². The number of nitrogens with zero attached hydrogens (tertiary/aromatic N) is 1. The molecule has 0 aliphatic carbocycles. The number of rotatable bonds is 7. The van der Waals surface area contributed by atoms with Crippen molar-refractivity contribution in [3.05, 3.63) is 22.4 Å². The molecular formula is C16H27N3O2S. The Kier molecular flexibility index (Phi) is 6.67. The number of carbonyl (C=O) groups excluding carboxylic acids is 1. The Morgan fingerprint density at radius 2 is 2.14 bits per heavy atom. The minimum absolute atomic E-state index is 0.0445. The number of amides is 2. The van der Waals surface area contributed by atoms with Gasteiger partial charge in [0.2, 0.25) is 0 Å². The van der Waals surface area contributed by atoms with Gasteiger partial charge in [-0.2, -0.15) is 0 Å². The second kappa shape index (κ2) is 8.50. The number of urea groups is 1. The van der Waals surface area contributed by atoms with Crippen LogP contribution in [-0.4, -0.2) is 48.3 Å². The molecule has 5 nitrogen and oxygen atoms in total. The molecule has 1 saturated heterocycles. The van der Waals surface area contributed by atoms with Gasteiger partial charge >= 0.3 is 6.03 Å². The van der Waals surface area contributed by atoms with Crippen LogP contribution < -0.4 is 10.6 Å². The third-order valence-corrected chi connectivity index (χ3v) is 5.38. The largest absolute Gasteiger partial charge is 0.396 e. The highest BCUT2D eigenvalue weighted by Gasteiger charge is 2.25. The molecule has 2 amide bonds. The monoisotopic (exact) mass is 325 g/mol. The number of hydrogen-bond acceptors (Lipinski definition) is 4. The van der Waals surface area contributed by atoms with Gasteiger partial charge in [0.15, 0.2) is 0 Å². The molecule has 1 aromatic rings. The second-order valence-corrected chi connectivity index (χ2v) is 7.06. The summed E-state index contributed by atoms with van der Waals surface area (Å²) in [5.74, 6) is 0.0532. The summed E-state index contributed by atoms with van der Waals surface area (Å²) in [4.78, 5) is 15.8. The van der Waals surface area contributed by atoms with Gasteiger partial charge in [0.25, 0.3) is 0 Å². The van der Waals surface area contributed by atoms with E-state index < -0.39 is 0 Å². The summed E-state index contributed by atoms with van der Waals surface area (Å²) in [6, 6.07) is 4.27. The Hall–Kier alpha value is -1.11. The Balaban J connectivity index is 1.87. The maximum absolute atomic E-state index is 12.0. The van der Waals surface area contributed by atoms with Crippen LogP contribution in [0.25, 0.3) is 0 Å². The molecule has 6 heteroatoms. The second-order valence-electron chi connectivity index (χ2n) is 6.08. The Morgan fingerprint density at radius 3 is 2.73 bits per heavy atom. The Bertz CT molecular complexity index is 446. The molecule has 124 valence electrons. The van der Waals surface area contributed by atoms with Gasteiger partial charge in [-0.05, 0) is 50.2 Å². The Labute approximate surface area is 136 Å². The van der Waals surface area contributed by atoms with E-state index in [9.17, 15) is 4.79 Å². The van der Waals surface area contributed by atoms with Crippen molar-refractivity contribution in [2.45, 2.75) is 38.8 Å². The van der Waals surface area contributed by atoms with Crippen LogP contribution in [0.1, 0.15) is 37.6 Å². The molecule has 2 rings (SSSR count). The zero-order chi connectivity index (χ0) is 15.9. The topological polar surface area (TPSA) is 64.6 Å². The number of nitrogens with one attached hydrogen (secondary N) is 2. The summed E-state index contributed by atoms with van der Waals surface area (Å²) in [5.41, 5.74) is 0. The lowest BCUT2D eigenvalue weighted by atomic mass is 10.1. The van der Waals surface area contributed by atoms with Gasteiger partial charge in [-0.15, -0.1) is 11.3 Å². The van der Waals surface area contributed by atoms with Gasteiger partial charge in [0.1, 0.15) is 0 Å². The fourth-order valence-corrected chi connectivity index (χ4v) is 3.55. The van der Waals surface area contributed by atoms with E-state index in [1.165, 1.54) is 17.7 Å². The van der Waals surface area contributed by atoms with Crippen LogP contribution in [0.5, 0.6) is 0 Å². The molecule has 1 aliphatic rings. The SMILES string of the molecule is CC(CO)C(C)NC(=O)NCC(c1cccs1)N1CCCC1. The zero-order valence-corrected chi connectivity index (χ0v) is 14.2. The van der Waals surface area contributed by atoms with Gasteiger partial charge in [0.05, 0.1) is 6.04 Å². The van der Waals surface area contributed by atoms with E-state index in [2.05, 4.69) is 33.0 Å². The van der Waals surface area contributed by atoms with E-state index in [1.807, 2.05) is 13.8 Å². The fourth-order valence-electron chi connectivity index (χ4n) is 2.69. The predicted molar refractivity (Wildman–Crippen MR) is 90.1 cm³/mol. The predicted octanol–water partition coefficient (Wildman–Crippen LogP) is 2.20. The average molecular weight is 325 g/mol. The van der Waals surface area contributed by atoms with Crippen LogP contribution in [0.15, 0.2) is 17.5 Å². The van der Waals surface area contributed by atoms with Gasteiger partial charge in [-0.3, -0.25) is 4.90 Å². The van der Waals surface area contributed by atoms with Gasteiger partial charge in [-0.25, -0.2) is 4.79 Å². The van der Waals surface area contributed by atoms with Gasteiger partial charge in [0, 0.05) is 24.1 Å². The number of aliphatic hydroxyl groups is 1. The first-order valence-electron chi connectivity index (χ1n) is 8.04. The number of likely N-dealkylation sites (tertiary alicyclic amines) is 1. The molecule has 1 aromatic heterocycles. The summed E-state index contributed by atoms with van der Waals surface area (Å²) in [6.07, 6.45) is 2.47. The van der Waals surface area contributed by atoms with Crippen LogP contribution >= 0.6 is 11.3 Å². The van der Waals surface area contributed by atoms with Crippen molar-refractivity contribution in [1.82, 2.24) is 15.5 Å². The van der Waals surface area contributed by atoms with Gasteiger partial charge in [-0.1, -0.05) is 13.0 Å². The lowest BCUT2D eigenvalue weighted by Crippen LogP contribution is -2.46. The van der Waals surface area contributed by atoms with E-state index in [-0.39, 0.29) is 30.6 Å². The van der Waals surface area contributed by atoms with Crippen LogP contribution in [0, 0.1) is 5.92 Å². The van der Waals surface area contributed by atoms with Crippen LogP contribution in [-0.2, 0) is 0 Å². The molecule has 3 unspecified atom stereocenters. The first-order chi connectivity index (χ1) is 10.6. The van der Waals surface area contributed by atoms with E-state index in [4.69, 9.17) is 5.11 Å². The van der Waals surface area contributed by atoms with Crippen LogP contribution in [0.4, 0.5) is 4.79 Å². The smallest absolute Gasteiger partial charge is 0.315 e. The molecule has 0 spiro atoms. The zero-order valence-electron chi connectivity index (χ0n) is 13.4. The molecule has 22 heavy (non-hydrogen) atoms. The summed E-state index contributed by atoms with van der Waals surface area (Å²) in [6.45, 7) is 6.73. The molecule has 0 bridgehead atoms. The third kappa shape index (κ3) is 4.69. The highest BCUT2D eigenvalue weighted by atomic mass is 32.1. The number of aliphatic hydroxyl groups excluding tert-OH is 1. The summed E-state index contributed by atoms with van der Waals surface area (Å²) >= 11 is 1.75. The maximum Gasteiger partial charge on any atom is 0.315 e. The van der Waals surface area contributed by atoms with Crippen LogP contribution in [0.3, 0.4) is 0 Å². The summed E-state index contributed by atoms with van der Waals surface area (Å²) < 4.78 is 0. The molecule has 0 saturated carbocycles. The summed E-state index contributed by atoms with van der Waals surface area (Å²) in [5, 5.41) is 17.1. The van der Waals surface area contributed by atoms with Crippen molar-refractivity contribution in [3.63, 3.8) is 0 Å². The normalized spacial score (nSPS) is 19.6. The third-order valence-electron chi connectivity index (χ3n) is 4.41. The average Bonchev–Trinajstić information content (AvgIpc) is 3.20. The van der Waals surface area contributed by atoms with Crippen molar-refractivity contribution in [2.75, 3.05) is 26.2 Å². The molecule has 3 N–H and O–H groups in total. The van der Waals surface area contributed by atoms with E-state index >= 15 is 0 Å². The highest BCUT2D eigenvalue weighted by Crippen LogP contribution is 2.27. The number of thiophene rings is 1. The molecule has 3 atom stereocenters. The van der Waals surface area contributed by atoms with Crippen molar-refractivity contribution in [2.24, 2.45) is 5.92 Å². The van der Waals surface area contributed by atoms with Crippen LogP contribution in [0.2, 0.25) is 0 Å². The molecule has 0 aromatic carbocycles.